The lowest BCUT2D eigenvalue weighted by Crippen LogP contribution is -2.38. The molecular formula is C11H12BrNO5S. The smallest absolute Gasteiger partial charge is 0.303 e. The third-order valence-corrected chi connectivity index (χ3v) is 4.56. The first-order valence-electron chi connectivity index (χ1n) is 5.27. The molecule has 0 aliphatic rings. The zero-order chi connectivity index (χ0) is 14.4. The molecule has 19 heavy (non-hydrogen) atoms. The Morgan fingerprint density at radius 3 is 2.42 bits per heavy atom. The molecule has 2 atom stereocenters. The van der Waals surface area contributed by atoms with E-state index in [2.05, 4.69) is 15.9 Å². The van der Waals surface area contributed by atoms with Crippen LogP contribution in [0.5, 0.6) is 0 Å². The Morgan fingerprint density at radius 1 is 1.37 bits per heavy atom. The van der Waals surface area contributed by atoms with E-state index < -0.39 is 28.3 Å². The maximum atomic E-state index is 12.2. The number of amides is 1. The summed E-state index contributed by atoms with van der Waals surface area (Å²) in [4.78, 5) is 22.4. The van der Waals surface area contributed by atoms with Crippen LogP contribution >= 0.6 is 15.9 Å². The molecule has 104 valence electrons. The number of rotatable bonds is 6. The SMILES string of the molecule is O=C(O)CCC(C(=O)NO)[S+]([O-])c1ccc(Br)cc1. The molecule has 0 aliphatic carbocycles. The van der Waals surface area contributed by atoms with Crippen LogP contribution in [0.1, 0.15) is 12.8 Å². The van der Waals surface area contributed by atoms with Crippen molar-refractivity contribution in [3.05, 3.63) is 28.7 Å². The van der Waals surface area contributed by atoms with Gasteiger partial charge in [0.05, 0.1) is 6.42 Å². The number of nitrogens with one attached hydrogen (secondary N) is 1. The van der Waals surface area contributed by atoms with Crippen LogP contribution < -0.4 is 5.48 Å². The molecule has 8 heteroatoms. The van der Waals surface area contributed by atoms with Gasteiger partial charge in [0.1, 0.15) is 0 Å². The third-order valence-electron chi connectivity index (χ3n) is 2.33. The van der Waals surface area contributed by atoms with Crippen molar-refractivity contribution in [1.82, 2.24) is 5.48 Å². The first-order valence-corrected chi connectivity index (χ1v) is 7.28. The number of halogens is 1. The maximum absolute atomic E-state index is 12.2. The first kappa shape index (κ1) is 16.0. The highest BCUT2D eigenvalue weighted by molar-refractivity contribution is 9.10. The van der Waals surface area contributed by atoms with E-state index in [0.717, 1.165) is 4.47 Å². The Hall–Kier alpha value is -1.09. The van der Waals surface area contributed by atoms with Crippen molar-refractivity contribution >= 4 is 39.0 Å². The van der Waals surface area contributed by atoms with Gasteiger partial charge in [-0.2, -0.15) is 0 Å². The number of benzene rings is 1. The summed E-state index contributed by atoms with van der Waals surface area (Å²) in [5.41, 5.74) is 1.42. The fourth-order valence-corrected chi connectivity index (χ4v) is 2.97. The van der Waals surface area contributed by atoms with Gasteiger partial charge in [-0.3, -0.25) is 14.8 Å². The lowest BCUT2D eigenvalue weighted by molar-refractivity contribution is -0.137. The van der Waals surface area contributed by atoms with Crippen molar-refractivity contribution < 1.29 is 24.5 Å². The molecule has 1 amide bonds. The van der Waals surface area contributed by atoms with E-state index in [1.807, 2.05) is 0 Å². The fourth-order valence-electron chi connectivity index (χ4n) is 1.39. The van der Waals surface area contributed by atoms with Crippen molar-refractivity contribution in [2.24, 2.45) is 0 Å². The lowest BCUT2D eigenvalue weighted by Gasteiger charge is -2.19. The second kappa shape index (κ2) is 7.49. The zero-order valence-corrected chi connectivity index (χ0v) is 12.1. The summed E-state index contributed by atoms with van der Waals surface area (Å²) < 4.78 is 13.0. The largest absolute Gasteiger partial charge is 0.611 e. The third kappa shape index (κ3) is 4.83. The topological polar surface area (TPSA) is 110 Å². The number of carboxylic acids is 1. The minimum atomic E-state index is -1.73. The number of hydroxylamine groups is 1. The predicted molar refractivity (Wildman–Crippen MR) is 71.1 cm³/mol. The van der Waals surface area contributed by atoms with Crippen LogP contribution in [0.2, 0.25) is 0 Å². The van der Waals surface area contributed by atoms with Crippen LogP contribution in [0.4, 0.5) is 0 Å². The Kier molecular flexibility index (Phi) is 6.29. The number of aliphatic carboxylic acids is 1. The number of carbonyl (C=O) groups excluding carboxylic acids is 1. The van der Waals surface area contributed by atoms with Gasteiger partial charge in [0.25, 0.3) is 5.91 Å². The minimum Gasteiger partial charge on any atom is -0.611 e. The van der Waals surface area contributed by atoms with Crippen LogP contribution in [0.3, 0.4) is 0 Å². The predicted octanol–water partition coefficient (Wildman–Crippen LogP) is 1.30. The normalized spacial score (nSPS) is 13.6. The van der Waals surface area contributed by atoms with Gasteiger partial charge in [0.15, 0.2) is 4.90 Å². The Morgan fingerprint density at radius 2 is 1.95 bits per heavy atom. The van der Waals surface area contributed by atoms with Crippen molar-refractivity contribution in [1.29, 1.82) is 0 Å². The Bertz CT molecular complexity index is 453. The maximum Gasteiger partial charge on any atom is 0.303 e. The summed E-state index contributed by atoms with van der Waals surface area (Å²) in [6.07, 6.45) is -0.426. The van der Waals surface area contributed by atoms with E-state index in [4.69, 9.17) is 10.3 Å². The van der Waals surface area contributed by atoms with Gasteiger partial charge < -0.3 is 9.66 Å². The van der Waals surface area contributed by atoms with Gasteiger partial charge in [-0.1, -0.05) is 15.9 Å². The number of hydrogen-bond acceptors (Lipinski definition) is 4. The molecule has 2 unspecified atom stereocenters. The van der Waals surface area contributed by atoms with Gasteiger partial charge in [0, 0.05) is 10.9 Å². The summed E-state index contributed by atoms with van der Waals surface area (Å²) in [6, 6.07) is 6.47. The van der Waals surface area contributed by atoms with Crippen LogP contribution in [0, 0.1) is 0 Å². The molecule has 1 rings (SSSR count). The molecule has 0 aromatic heterocycles. The molecule has 0 saturated carbocycles. The second-order valence-electron chi connectivity index (χ2n) is 3.65. The number of hydrogen-bond donors (Lipinski definition) is 3. The zero-order valence-electron chi connectivity index (χ0n) is 9.71. The molecule has 3 N–H and O–H groups in total. The molecule has 6 nitrogen and oxygen atoms in total. The highest BCUT2D eigenvalue weighted by Gasteiger charge is 2.32. The van der Waals surface area contributed by atoms with E-state index in [1.165, 1.54) is 5.48 Å². The number of carboxylic acid groups (broad SMARTS) is 1. The van der Waals surface area contributed by atoms with Gasteiger partial charge in [-0.05, 0) is 35.4 Å². The Balaban J connectivity index is 2.86. The van der Waals surface area contributed by atoms with Crippen LogP contribution in [-0.2, 0) is 20.8 Å². The molecule has 0 fully saturated rings. The summed E-state index contributed by atoms with van der Waals surface area (Å²) in [7, 11) is 0. The standard InChI is InChI=1S/C11H12BrNO5S/c12-7-1-3-8(4-2-7)19(18)9(11(16)13-17)5-6-10(14)15/h1-4,9,17H,5-6H2,(H,13,16)(H,14,15). The van der Waals surface area contributed by atoms with Crippen LogP contribution in [-0.4, -0.2) is 32.0 Å². The van der Waals surface area contributed by atoms with Gasteiger partial charge in [-0.15, -0.1) is 0 Å². The molecule has 1 aromatic carbocycles. The van der Waals surface area contributed by atoms with Crippen molar-refractivity contribution in [2.45, 2.75) is 23.0 Å². The van der Waals surface area contributed by atoms with Crippen LogP contribution in [0.25, 0.3) is 0 Å². The Labute approximate surface area is 121 Å². The van der Waals surface area contributed by atoms with Crippen molar-refractivity contribution in [2.75, 3.05) is 0 Å². The summed E-state index contributed by atoms with van der Waals surface area (Å²) in [6.45, 7) is 0. The van der Waals surface area contributed by atoms with Gasteiger partial charge >= 0.3 is 5.97 Å². The van der Waals surface area contributed by atoms with E-state index in [0.29, 0.717) is 4.90 Å². The van der Waals surface area contributed by atoms with E-state index in [1.54, 1.807) is 24.3 Å². The van der Waals surface area contributed by atoms with Crippen molar-refractivity contribution in [3.8, 4) is 0 Å². The first-order chi connectivity index (χ1) is 8.95. The quantitative estimate of drug-likeness (QED) is 0.407. The van der Waals surface area contributed by atoms with E-state index in [9.17, 15) is 14.1 Å². The molecule has 0 bridgehead atoms. The minimum absolute atomic E-state index is 0.121. The summed E-state index contributed by atoms with van der Waals surface area (Å²) >= 11 is 1.50. The molecular weight excluding hydrogens is 338 g/mol. The van der Waals surface area contributed by atoms with Gasteiger partial charge in [-0.25, -0.2) is 5.48 Å². The average Bonchev–Trinajstić information content (AvgIpc) is 2.38. The molecule has 1 aromatic rings. The second-order valence-corrected chi connectivity index (χ2v) is 6.20. The summed E-state index contributed by atoms with van der Waals surface area (Å²) in [5.74, 6) is -1.95. The molecule has 0 radical (unpaired) electrons. The number of carbonyl (C=O) groups is 2. The van der Waals surface area contributed by atoms with E-state index >= 15 is 0 Å². The molecule has 0 aliphatic heterocycles. The lowest BCUT2D eigenvalue weighted by atomic mass is 10.2. The highest BCUT2D eigenvalue weighted by Crippen LogP contribution is 2.22. The van der Waals surface area contributed by atoms with Crippen LogP contribution in [0.15, 0.2) is 33.6 Å². The summed E-state index contributed by atoms with van der Waals surface area (Å²) in [5, 5.41) is 16.1. The fraction of sp³-hybridized carbons (Fsp3) is 0.273. The van der Waals surface area contributed by atoms with E-state index in [-0.39, 0.29) is 12.8 Å². The van der Waals surface area contributed by atoms with Gasteiger partial charge in [0.2, 0.25) is 5.25 Å². The average molecular weight is 350 g/mol. The molecule has 0 heterocycles. The van der Waals surface area contributed by atoms with Crippen molar-refractivity contribution in [3.63, 3.8) is 0 Å². The highest BCUT2D eigenvalue weighted by atomic mass is 79.9. The molecule has 0 spiro atoms. The monoisotopic (exact) mass is 349 g/mol. The molecule has 0 saturated heterocycles.